The van der Waals surface area contributed by atoms with Crippen LogP contribution >= 0.6 is 0 Å². The fourth-order valence-electron chi connectivity index (χ4n) is 1.21. The Morgan fingerprint density at radius 3 is 2.71 bits per heavy atom. The van der Waals surface area contributed by atoms with E-state index in [4.69, 9.17) is 4.55 Å². The first-order chi connectivity index (χ1) is 6.46. The van der Waals surface area contributed by atoms with Crippen LogP contribution in [0, 0.1) is 5.92 Å². The molecule has 0 saturated carbocycles. The summed E-state index contributed by atoms with van der Waals surface area (Å²) >= 11 is 0. The first kappa shape index (κ1) is 10.9. The van der Waals surface area contributed by atoms with Crippen LogP contribution in [-0.2, 0) is 14.9 Å². The van der Waals surface area contributed by atoms with Crippen LogP contribution in [0.2, 0.25) is 0 Å². The SMILES string of the molecule is C=CCC1C=CC=C(S(=O)(=O)O)C1=O. The molecule has 0 fully saturated rings. The van der Waals surface area contributed by atoms with Crippen LogP contribution in [0.3, 0.4) is 0 Å². The van der Waals surface area contributed by atoms with Crippen LogP contribution in [0.15, 0.2) is 35.8 Å². The molecule has 0 heterocycles. The summed E-state index contributed by atoms with van der Waals surface area (Å²) in [6, 6.07) is 0. The largest absolute Gasteiger partial charge is 0.298 e. The van der Waals surface area contributed by atoms with Gasteiger partial charge in [0.05, 0.1) is 0 Å². The molecule has 76 valence electrons. The summed E-state index contributed by atoms with van der Waals surface area (Å²) in [6.45, 7) is 3.46. The molecule has 14 heavy (non-hydrogen) atoms. The molecule has 1 rings (SSSR count). The van der Waals surface area contributed by atoms with Crippen molar-refractivity contribution in [1.29, 1.82) is 0 Å². The van der Waals surface area contributed by atoms with Crippen molar-refractivity contribution in [3.05, 3.63) is 35.8 Å². The molecule has 0 saturated heterocycles. The van der Waals surface area contributed by atoms with E-state index in [1.807, 2.05) is 0 Å². The molecule has 0 spiro atoms. The zero-order chi connectivity index (χ0) is 10.8. The normalized spacial score (nSPS) is 21.9. The van der Waals surface area contributed by atoms with Gasteiger partial charge in [0.15, 0.2) is 5.78 Å². The predicted molar refractivity (Wildman–Crippen MR) is 52.1 cm³/mol. The number of rotatable bonds is 3. The molecule has 1 aliphatic rings. The monoisotopic (exact) mass is 214 g/mol. The average molecular weight is 214 g/mol. The predicted octanol–water partition coefficient (Wildman–Crippen LogP) is 1.09. The van der Waals surface area contributed by atoms with E-state index in [9.17, 15) is 13.2 Å². The van der Waals surface area contributed by atoms with Gasteiger partial charge in [-0.25, -0.2) is 0 Å². The third-order valence-corrected chi connectivity index (χ3v) is 2.76. The summed E-state index contributed by atoms with van der Waals surface area (Å²) in [7, 11) is -4.40. The van der Waals surface area contributed by atoms with Crippen molar-refractivity contribution in [1.82, 2.24) is 0 Å². The highest BCUT2D eigenvalue weighted by Crippen LogP contribution is 2.21. The molecule has 1 atom stereocenters. The standard InChI is InChI=1S/C9H10O4S/c1-2-4-7-5-3-6-8(9(7)10)14(11,12)13/h2-3,5-7H,1,4H2,(H,11,12,13). The Bertz CT molecular complexity index is 414. The van der Waals surface area contributed by atoms with Gasteiger partial charge in [-0.15, -0.1) is 6.58 Å². The first-order valence-corrected chi connectivity index (χ1v) is 5.42. The lowest BCUT2D eigenvalue weighted by molar-refractivity contribution is -0.117. The summed E-state index contributed by atoms with van der Waals surface area (Å²) in [4.78, 5) is 10.9. The van der Waals surface area contributed by atoms with Crippen LogP contribution in [0.4, 0.5) is 0 Å². The Kier molecular flexibility index (Phi) is 3.03. The van der Waals surface area contributed by atoms with Gasteiger partial charge in [0, 0.05) is 5.92 Å². The van der Waals surface area contributed by atoms with E-state index < -0.39 is 26.7 Å². The third-order valence-electron chi connectivity index (χ3n) is 1.87. The number of hydrogen-bond donors (Lipinski definition) is 1. The second kappa shape index (κ2) is 3.89. The van der Waals surface area contributed by atoms with Crippen molar-refractivity contribution in [3.8, 4) is 0 Å². The number of ketones is 1. The van der Waals surface area contributed by atoms with Gasteiger partial charge in [-0.05, 0) is 12.5 Å². The van der Waals surface area contributed by atoms with Crippen LogP contribution < -0.4 is 0 Å². The Hall–Kier alpha value is -1.20. The average Bonchev–Trinajstić information content (AvgIpc) is 2.07. The Morgan fingerprint density at radius 1 is 1.57 bits per heavy atom. The van der Waals surface area contributed by atoms with Gasteiger partial charge < -0.3 is 0 Å². The van der Waals surface area contributed by atoms with Crippen LogP contribution in [0.25, 0.3) is 0 Å². The molecule has 0 bridgehead atoms. The fourth-order valence-corrected chi connectivity index (χ4v) is 1.86. The number of carbonyl (C=O) groups excluding carboxylic acids is 1. The number of carbonyl (C=O) groups is 1. The highest BCUT2D eigenvalue weighted by Gasteiger charge is 2.28. The molecule has 0 aromatic carbocycles. The molecule has 5 heteroatoms. The van der Waals surface area contributed by atoms with Gasteiger partial charge >= 0.3 is 0 Å². The Morgan fingerprint density at radius 2 is 2.21 bits per heavy atom. The molecular weight excluding hydrogens is 204 g/mol. The lowest BCUT2D eigenvalue weighted by Crippen LogP contribution is -2.21. The molecule has 0 aliphatic heterocycles. The van der Waals surface area contributed by atoms with E-state index in [0.29, 0.717) is 6.42 Å². The quantitative estimate of drug-likeness (QED) is 0.564. The molecule has 1 aliphatic carbocycles. The second-order valence-corrected chi connectivity index (χ2v) is 4.28. The maximum absolute atomic E-state index is 11.5. The molecular formula is C9H10O4S. The summed E-state index contributed by atoms with van der Waals surface area (Å²) < 4.78 is 30.2. The van der Waals surface area contributed by atoms with Crippen molar-refractivity contribution in [2.45, 2.75) is 6.42 Å². The van der Waals surface area contributed by atoms with E-state index in [0.717, 1.165) is 6.08 Å². The number of allylic oxidation sites excluding steroid dienone is 5. The Balaban J connectivity index is 3.03. The van der Waals surface area contributed by atoms with E-state index in [1.165, 1.54) is 12.2 Å². The van der Waals surface area contributed by atoms with Crippen LogP contribution in [0.1, 0.15) is 6.42 Å². The molecule has 1 N–H and O–H groups in total. The van der Waals surface area contributed by atoms with Gasteiger partial charge in [-0.2, -0.15) is 8.42 Å². The van der Waals surface area contributed by atoms with Crippen molar-refractivity contribution in [3.63, 3.8) is 0 Å². The molecule has 0 aromatic rings. The highest BCUT2D eigenvalue weighted by atomic mass is 32.2. The maximum atomic E-state index is 11.5. The lowest BCUT2D eigenvalue weighted by atomic mass is 9.96. The van der Waals surface area contributed by atoms with Gasteiger partial charge in [-0.1, -0.05) is 18.2 Å². The van der Waals surface area contributed by atoms with Gasteiger partial charge in [0.2, 0.25) is 0 Å². The minimum Gasteiger partial charge on any atom is -0.293 e. The minimum absolute atomic E-state index is 0.363. The van der Waals surface area contributed by atoms with Crippen molar-refractivity contribution in [2.24, 2.45) is 5.92 Å². The van der Waals surface area contributed by atoms with Crippen LogP contribution in [-0.4, -0.2) is 18.8 Å². The van der Waals surface area contributed by atoms with Crippen LogP contribution in [0.5, 0.6) is 0 Å². The molecule has 4 nitrogen and oxygen atoms in total. The zero-order valence-corrected chi connectivity index (χ0v) is 8.20. The van der Waals surface area contributed by atoms with Crippen molar-refractivity contribution < 1.29 is 17.8 Å². The zero-order valence-electron chi connectivity index (χ0n) is 7.38. The topological polar surface area (TPSA) is 71.4 Å². The second-order valence-electron chi connectivity index (χ2n) is 2.89. The number of hydrogen-bond acceptors (Lipinski definition) is 3. The van der Waals surface area contributed by atoms with Gasteiger partial charge in [-0.3, -0.25) is 9.35 Å². The van der Waals surface area contributed by atoms with Crippen molar-refractivity contribution >= 4 is 15.9 Å². The molecule has 0 aromatic heterocycles. The van der Waals surface area contributed by atoms with E-state index in [-0.39, 0.29) is 0 Å². The minimum atomic E-state index is -4.40. The molecule has 1 unspecified atom stereocenters. The fraction of sp³-hybridized carbons (Fsp3) is 0.222. The Labute approximate surface area is 82.4 Å². The smallest absolute Gasteiger partial charge is 0.293 e. The summed E-state index contributed by atoms with van der Waals surface area (Å²) in [5.41, 5.74) is 0. The van der Waals surface area contributed by atoms with E-state index >= 15 is 0 Å². The van der Waals surface area contributed by atoms with Gasteiger partial charge in [0.25, 0.3) is 10.1 Å². The highest BCUT2D eigenvalue weighted by molar-refractivity contribution is 7.90. The van der Waals surface area contributed by atoms with E-state index in [1.54, 1.807) is 6.08 Å². The maximum Gasteiger partial charge on any atom is 0.298 e. The summed E-state index contributed by atoms with van der Waals surface area (Å²) in [6.07, 6.45) is 6.01. The van der Waals surface area contributed by atoms with Crippen molar-refractivity contribution in [2.75, 3.05) is 0 Å². The van der Waals surface area contributed by atoms with Gasteiger partial charge in [0.1, 0.15) is 4.91 Å². The third kappa shape index (κ3) is 2.18. The summed E-state index contributed by atoms with van der Waals surface area (Å²) in [5.74, 6) is -1.12. The molecule has 0 radical (unpaired) electrons. The lowest BCUT2D eigenvalue weighted by Gasteiger charge is -2.13. The number of Topliss-reactive ketones (excluding diaryl/α,β-unsaturated/α-hetero) is 1. The van der Waals surface area contributed by atoms with E-state index in [2.05, 4.69) is 6.58 Å². The first-order valence-electron chi connectivity index (χ1n) is 3.98. The summed E-state index contributed by atoms with van der Waals surface area (Å²) in [5, 5.41) is 0. The molecule has 0 amide bonds.